The van der Waals surface area contributed by atoms with Gasteiger partial charge in [-0.05, 0) is 37.5 Å². The maximum absolute atomic E-state index is 12.8. The lowest BCUT2D eigenvalue weighted by Gasteiger charge is -2.22. The summed E-state index contributed by atoms with van der Waals surface area (Å²) in [6, 6.07) is 18.5. The molecule has 0 unspecified atom stereocenters. The van der Waals surface area contributed by atoms with Crippen molar-refractivity contribution in [2.45, 2.75) is 45.2 Å². The van der Waals surface area contributed by atoms with Gasteiger partial charge in [-0.3, -0.25) is 4.79 Å². The maximum Gasteiger partial charge on any atom is 0.247 e. The van der Waals surface area contributed by atoms with E-state index in [1.165, 1.54) is 5.56 Å². The SMILES string of the molecule is Cc1ccc(-c2nnc(CCC(=O)N(Cc3ccccc3)C3CC3)o2)cc1. The first kappa shape index (κ1) is 17.5. The molecule has 0 saturated heterocycles. The standard InChI is InChI=1S/C22H23N3O2/c1-16-7-9-18(10-8-16)22-24-23-20(27-22)13-14-21(26)25(19-11-12-19)15-17-5-3-2-4-6-17/h2-10,19H,11-15H2,1H3. The summed E-state index contributed by atoms with van der Waals surface area (Å²) in [7, 11) is 0. The van der Waals surface area contributed by atoms with Crippen molar-refractivity contribution >= 4 is 5.91 Å². The Morgan fingerprint density at radius 3 is 2.52 bits per heavy atom. The molecule has 0 spiro atoms. The first-order valence-electron chi connectivity index (χ1n) is 9.42. The van der Waals surface area contributed by atoms with Gasteiger partial charge in [0.2, 0.25) is 17.7 Å². The number of aryl methyl sites for hydroxylation is 2. The maximum atomic E-state index is 12.8. The van der Waals surface area contributed by atoms with Gasteiger partial charge in [0.1, 0.15) is 0 Å². The molecular formula is C22H23N3O2. The van der Waals surface area contributed by atoms with E-state index >= 15 is 0 Å². The molecule has 3 aromatic rings. The van der Waals surface area contributed by atoms with Crippen molar-refractivity contribution in [2.75, 3.05) is 0 Å². The lowest BCUT2D eigenvalue weighted by molar-refractivity contribution is -0.132. The van der Waals surface area contributed by atoms with Gasteiger partial charge in [0.05, 0.1) is 0 Å². The summed E-state index contributed by atoms with van der Waals surface area (Å²) in [5.41, 5.74) is 3.24. The van der Waals surface area contributed by atoms with Gasteiger partial charge in [0.25, 0.3) is 0 Å². The van der Waals surface area contributed by atoms with E-state index in [4.69, 9.17) is 4.42 Å². The van der Waals surface area contributed by atoms with E-state index in [1.54, 1.807) is 0 Å². The van der Waals surface area contributed by atoms with Gasteiger partial charge in [-0.15, -0.1) is 10.2 Å². The summed E-state index contributed by atoms with van der Waals surface area (Å²) in [5.74, 6) is 1.16. The smallest absolute Gasteiger partial charge is 0.247 e. The lowest BCUT2D eigenvalue weighted by atomic mass is 10.1. The highest BCUT2D eigenvalue weighted by molar-refractivity contribution is 5.77. The lowest BCUT2D eigenvalue weighted by Crippen LogP contribution is -2.32. The summed E-state index contributed by atoms with van der Waals surface area (Å²) in [4.78, 5) is 14.7. The van der Waals surface area contributed by atoms with Crippen LogP contribution < -0.4 is 0 Å². The third kappa shape index (κ3) is 4.42. The molecule has 4 rings (SSSR count). The molecule has 2 aromatic carbocycles. The minimum Gasteiger partial charge on any atom is -0.421 e. The second-order valence-electron chi connectivity index (χ2n) is 7.11. The zero-order valence-corrected chi connectivity index (χ0v) is 15.5. The van der Waals surface area contributed by atoms with Crippen molar-refractivity contribution in [3.05, 3.63) is 71.6 Å². The Kier molecular flexibility index (Phi) is 5.01. The highest BCUT2D eigenvalue weighted by atomic mass is 16.4. The average molecular weight is 361 g/mol. The van der Waals surface area contributed by atoms with Crippen LogP contribution in [0.15, 0.2) is 59.0 Å². The number of carbonyl (C=O) groups excluding carboxylic acids is 1. The van der Waals surface area contributed by atoms with E-state index in [1.807, 2.05) is 54.3 Å². The quantitative estimate of drug-likeness (QED) is 0.634. The Morgan fingerprint density at radius 2 is 1.81 bits per heavy atom. The van der Waals surface area contributed by atoms with Gasteiger partial charge in [-0.1, -0.05) is 48.0 Å². The van der Waals surface area contributed by atoms with Crippen LogP contribution in [-0.4, -0.2) is 27.0 Å². The zero-order valence-electron chi connectivity index (χ0n) is 15.5. The molecule has 5 nitrogen and oxygen atoms in total. The molecule has 1 fully saturated rings. The van der Waals surface area contributed by atoms with Crippen molar-refractivity contribution in [1.29, 1.82) is 0 Å². The minimum atomic E-state index is 0.149. The van der Waals surface area contributed by atoms with Gasteiger partial charge in [-0.2, -0.15) is 0 Å². The molecule has 0 aliphatic heterocycles. The van der Waals surface area contributed by atoms with Crippen LogP contribution in [0, 0.1) is 6.92 Å². The number of amides is 1. The zero-order chi connectivity index (χ0) is 18.6. The molecule has 1 heterocycles. The molecule has 0 radical (unpaired) electrons. The van der Waals surface area contributed by atoms with E-state index in [0.717, 1.165) is 24.0 Å². The fraction of sp³-hybridized carbons (Fsp3) is 0.318. The normalized spacial score (nSPS) is 13.5. The monoisotopic (exact) mass is 361 g/mol. The van der Waals surface area contributed by atoms with Crippen LogP contribution in [0.4, 0.5) is 0 Å². The predicted octanol–water partition coefficient (Wildman–Crippen LogP) is 4.17. The second-order valence-corrected chi connectivity index (χ2v) is 7.11. The Bertz CT molecular complexity index is 899. The molecule has 1 aliphatic rings. The number of hydrogen-bond donors (Lipinski definition) is 0. The molecule has 0 N–H and O–H groups in total. The average Bonchev–Trinajstić information content (AvgIpc) is 3.43. The van der Waals surface area contributed by atoms with Gasteiger partial charge < -0.3 is 9.32 Å². The van der Waals surface area contributed by atoms with Gasteiger partial charge in [-0.25, -0.2) is 0 Å². The fourth-order valence-electron chi connectivity index (χ4n) is 3.11. The van der Waals surface area contributed by atoms with Crippen LogP contribution in [0.2, 0.25) is 0 Å². The van der Waals surface area contributed by atoms with Crippen LogP contribution in [0.3, 0.4) is 0 Å². The van der Waals surface area contributed by atoms with Crippen LogP contribution in [0.25, 0.3) is 11.5 Å². The highest BCUT2D eigenvalue weighted by Gasteiger charge is 2.32. The number of benzene rings is 2. The number of aromatic nitrogens is 2. The Balaban J connectivity index is 1.37. The van der Waals surface area contributed by atoms with E-state index in [9.17, 15) is 4.79 Å². The predicted molar refractivity (Wildman–Crippen MR) is 103 cm³/mol. The number of carbonyl (C=O) groups is 1. The Morgan fingerprint density at radius 1 is 1.07 bits per heavy atom. The molecule has 1 amide bonds. The van der Waals surface area contributed by atoms with Crippen LogP contribution in [0.5, 0.6) is 0 Å². The molecule has 1 aromatic heterocycles. The molecular weight excluding hydrogens is 338 g/mol. The molecule has 0 bridgehead atoms. The molecule has 1 saturated carbocycles. The van der Waals surface area contributed by atoms with Crippen LogP contribution >= 0.6 is 0 Å². The van der Waals surface area contributed by atoms with Crippen LogP contribution in [0.1, 0.15) is 36.3 Å². The third-order valence-electron chi connectivity index (χ3n) is 4.82. The summed E-state index contributed by atoms with van der Waals surface area (Å²) >= 11 is 0. The van der Waals surface area contributed by atoms with Crippen molar-refractivity contribution in [2.24, 2.45) is 0 Å². The number of nitrogens with zero attached hydrogens (tertiary/aromatic N) is 3. The molecule has 5 heteroatoms. The highest BCUT2D eigenvalue weighted by Crippen LogP contribution is 2.29. The molecule has 1 aliphatic carbocycles. The van der Waals surface area contributed by atoms with Crippen molar-refractivity contribution in [3.8, 4) is 11.5 Å². The summed E-state index contributed by atoms with van der Waals surface area (Å²) < 4.78 is 5.74. The van der Waals surface area contributed by atoms with E-state index < -0.39 is 0 Å². The number of hydrogen-bond acceptors (Lipinski definition) is 4. The Labute approximate surface area is 159 Å². The Hall–Kier alpha value is -2.95. The van der Waals surface area contributed by atoms with Crippen molar-refractivity contribution in [3.63, 3.8) is 0 Å². The van der Waals surface area contributed by atoms with E-state index in [-0.39, 0.29) is 5.91 Å². The molecule has 138 valence electrons. The first-order valence-corrected chi connectivity index (χ1v) is 9.42. The first-order chi connectivity index (χ1) is 13.2. The van der Waals surface area contributed by atoms with E-state index in [0.29, 0.717) is 37.2 Å². The number of rotatable bonds is 7. The summed E-state index contributed by atoms with van der Waals surface area (Å²) in [6.07, 6.45) is 3.04. The van der Waals surface area contributed by atoms with Crippen molar-refractivity contribution in [1.82, 2.24) is 15.1 Å². The molecule has 27 heavy (non-hydrogen) atoms. The third-order valence-corrected chi connectivity index (χ3v) is 4.82. The summed E-state index contributed by atoms with van der Waals surface area (Å²) in [5, 5.41) is 8.22. The largest absolute Gasteiger partial charge is 0.421 e. The summed E-state index contributed by atoms with van der Waals surface area (Å²) in [6.45, 7) is 2.71. The van der Waals surface area contributed by atoms with Gasteiger partial charge >= 0.3 is 0 Å². The second kappa shape index (κ2) is 7.74. The minimum absolute atomic E-state index is 0.149. The topological polar surface area (TPSA) is 59.2 Å². The molecule has 0 atom stereocenters. The van der Waals surface area contributed by atoms with Crippen LogP contribution in [-0.2, 0) is 17.8 Å². The van der Waals surface area contributed by atoms with E-state index in [2.05, 4.69) is 22.3 Å². The fourth-order valence-corrected chi connectivity index (χ4v) is 3.11. The van der Waals surface area contributed by atoms with Gasteiger partial charge in [0.15, 0.2) is 0 Å². The van der Waals surface area contributed by atoms with Gasteiger partial charge in [0, 0.05) is 31.0 Å². The van der Waals surface area contributed by atoms with Crippen molar-refractivity contribution < 1.29 is 9.21 Å².